The van der Waals surface area contributed by atoms with E-state index in [1.807, 2.05) is 30.0 Å². The lowest BCUT2D eigenvalue weighted by atomic mass is 9.82. The van der Waals surface area contributed by atoms with E-state index in [0.717, 1.165) is 33.5 Å². The third kappa shape index (κ3) is 5.14. The van der Waals surface area contributed by atoms with Gasteiger partial charge in [0.1, 0.15) is 5.65 Å². The van der Waals surface area contributed by atoms with E-state index in [9.17, 15) is 0 Å². The summed E-state index contributed by atoms with van der Waals surface area (Å²) in [6.07, 6.45) is 0. The van der Waals surface area contributed by atoms with Crippen molar-refractivity contribution in [3.05, 3.63) is 199 Å². The Morgan fingerprint density at radius 1 is 0.435 bits per heavy atom. The minimum absolute atomic E-state index is 0.139. The predicted molar refractivity (Wildman–Crippen MR) is 254 cm³/mol. The molecule has 0 amide bonds. The molecule has 1 aliphatic carbocycles. The lowest BCUT2D eigenvalue weighted by Crippen LogP contribution is -2.15. The van der Waals surface area contributed by atoms with Crippen molar-refractivity contribution in [3.8, 4) is 67.8 Å². The molecule has 11 aromatic rings. The molecule has 1 aliphatic heterocycles. The van der Waals surface area contributed by atoms with E-state index >= 15 is 0 Å². The van der Waals surface area contributed by atoms with E-state index < -0.39 is 0 Å². The van der Waals surface area contributed by atoms with Crippen molar-refractivity contribution in [2.24, 2.45) is 0 Å². The maximum Gasteiger partial charge on any atom is 0.164 e. The molecule has 0 spiro atoms. The van der Waals surface area contributed by atoms with Gasteiger partial charge in [-0.3, -0.25) is 9.13 Å². The summed E-state index contributed by atoms with van der Waals surface area (Å²) >= 11 is 1.85. The Bertz CT molecular complexity index is 3640. The second-order valence-electron chi connectivity index (χ2n) is 16.8. The summed E-state index contributed by atoms with van der Waals surface area (Å²) < 4.78 is 4.94. The SMILES string of the molecule is CC1(C)c2ccccc2-c2ccc(-c3nc(-c4ccccc4)nc(-c4cccc(-c5ccc6c(c5)-n5c7c(cccc7c7c8ccccc8n(-c8ccccc8)c75)S6)c4)n3)cc21. The number of hydrogen-bond donors (Lipinski definition) is 0. The molecule has 0 N–H and O–H groups in total. The highest BCUT2D eigenvalue weighted by molar-refractivity contribution is 7.99. The van der Waals surface area contributed by atoms with Crippen LogP contribution in [0, 0.1) is 0 Å². The van der Waals surface area contributed by atoms with E-state index in [1.54, 1.807) is 0 Å². The summed E-state index contributed by atoms with van der Waals surface area (Å²) in [5.74, 6) is 1.95. The molecule has 4 heterocycles. The predicted octanol–water partition coefficient (Wildman–Crippen LogP) is 14.4. The zero-order chi connectivity index (χ0) is 41.1. The number of rotatable bonds is 5. The number of para-hydroxylation sites is 3. The van der Waals surface area contributed by atoms with Gasteiger partial charge in [-0.2, -0.15) is 0 Å². The summed E-state index contributed by atoms with van der Waals surface area (Å²) in [4.78, 5) is 18.0. The largest absolute Gasteiger partial charge is 0.295 e. The van der Waals surface area contributed by atoms with E-state index in [2.05, 4.69) is 193 Å². The Morgan fingerprint density at radius 2 is 1.05 bits per heavy atom. The van der Waals surface area contributed by atoms with Gasteiger partial charge in [0.2, 0.25) is 0 Å². The quantitative estimate of drug-likeness (QED) is 0.174. The van der Waals surface area contributed by atoms with Crippen LogP contribution in [0.5, 0.6) is 0 Å². The lowest BCUT2D eigenvalue weighted by molar-refractivity contribution is 0.660. The molecular formula is C56H37N5S. The Hall–Kier alpha value is -7.54. The van der Waals surface area contributed by atoms with Crippen molar-refractivity contribution >= 4 is 44.6 Å². The molecule has 13 rings (SSSR count). The smallest absolute Gasteiger partial charge is 0.164 e. The van der Waals surface area contributed by atoms with Gasteiger partial charge in [0.05, 0.1) is 16.7 Å². The number of aromatic nitrogens is 5. The maximum absolute atomic E-state index is 5.23. The molecule has 0 unspecified atom stereocenters. The number of fused-ring (bicyclic) bond motifs is 10. The van der Waals surface area contributed by atoms with Crippen LogP contribution in [0.3, 0.4) is 0 Å². The highest BCUT2D eigenvalue weighted by atomic mass is 32.2. The van der Waals surface area contributed by atoms with Gasteiger partial charge in [-0.1, -0.05) is 165 Å². The highest BCUT2D eigenvalue weighted by Crippen LogP contribution is 2.51. The van der Waals surface area contributed by atoms with Crippen LogP contribution in [0.15, 0.2) is 198 Å². The normalized spacial score (nSPS) is 13.4. The molecule has 0 fully saturated rings. The van der Waals surface area contributed by atoms with Crippen LogP contribution in [0.1, 0.15) is 25.0 Å². The van der Waals surface area contributed by atoms with Gasteiger partial charge in [-0.15, -0.1) is 0 Å². The van der Waals surface area contributed by atoms with E-state index in [4.69, 9.17) is 15.0 Å². The Balaban J connectivity index is 0.970. The van der Waals surface area contributed by atoms with E-state index in [-0.39, 0.29) is 5.41 Å². The van der Waals surface area contributed by atoms with Crippen molar-refractivity contribution in [1.82, 2.24) is 24.1 Å². The summed E-state index contributed by atoms with van der Waals surface area (Å²) in [5, 5.41) is 3.80. The molecule has 5 nitrogen and oxygen atoms in total. The first-order valence-corrected chi connectivity index (χ1v) is 21.9. The van der Waals surface area contributed by atoms with Gasteiger partial charge in [0, 0.05) is 53.7 Å². The van der Waals surface area contributed by atoms with Crippen molar-refractivity contribution in [2.75, 3.05) is 0 Å². The number of benzene rings is 8. The van der Waals surface area contributed by atoms with Crippen LogP contribution >= 0.6 is 11.8 Å². The monoisotopic (exact) mass is 811 g/mol. The first-order valence-electron chi connectivity index (χ1n) is 21.1. The highest BCUT2D eigenvalue weighted by Gasteiger charge is 2.35. The van der Waals surface area contributed by atoms with Crippen LogP contribution in [0.2, 0.25) is 0 Å². The third-order valence-electron chi connectivity index (χ3n) is 13.0. The molecule has 6 heteroatoms. The fourth-order valence-electron chi connectivity index (χ4n) is 10.0. The average molecular weight is 812 g/mol. The minimum atomic E-state index is -0.139. The summed E-state index contributed by atoms with van der Waals surface area (Å²) in [5.41, 5.74) is 16.1. The first-order chi connectivity index (χ1) is 30.5. The van der Waals surface area contributed by atoms with E-state index in [1.165, 1.54) is 70.6 Å². The van der Waals surface area contributed by atoms with Crippen LogP contribution in [0.4, 0.5) is 0 Å². The number of nitrogens with zero attached hydrogens (tertiary/aromatic N) is 5. The Kier molecular flexibility index (Phi) is 7.52. The van der Waals surface area contributed by atoms with Crippen molar-refractivity contribution in [2.45, 2.75) is 29.1 Å². The molecule has 0 radical (unpaired) electrons. The summed E-state index contributed by atoms with van der Waals surface area (Å²) in [7, 11) is 0. The summed E-state index contributed by atoms with van der Waals surface area (Å²) in [6, 6.07) is 67.5. The Labute approximate surface area is 363 Å². The molecule has 0 saturated heterocycles. The average Bonchev–Trinajstić information content (AvgIpc) is 3.93. The molecular weight excluding hydrogens is 775 g/mol. The van der Waals surface area contributed by atoms with Crippen LogP contribution in [-0.2, 0) is 5.41 Å². The molecule has 3 aromatic heterocycles. The summed E-state index contributed by atoms with van der Waals surface area (Å²) in [6.45, 7) is 4.62. The standard InChI is InChI=1S/C56H37N5S/c1-56(2)44-24-11-9-21-40(44)41-29-27-38(32-45(41)56)54-58-52(34-15-5-3-6-16-34)57-53(59-54)37-18-13-17-35(31-37)36-28-30-48-47(33-36)61-51-43(23-14-26-49(51)62-48)50-42-22-10-12-25-46(42)60(55(50)61)39-19-7-4-8-20-39/h3-33H,1-2H3. The zero-order valence-electron chi connectivity index (χ0n) is 34.0. The second kappa shape index (κ2) is 13.2. The fourth-order valence-corrected chi connectivity index (χ4v) is 11.1. The maximum atomic E-state index is 5.23. The molecule has 62 heavy (non-hydrogen) atoms. The fraction of sp³-hybridized carbons (Fsp3) is 0.0536. The van der Waals surface area contributed by atoms with Gasteiger partial charge in [0.25, 0.3) is 0 Å². The second-order valence-corrected chi connectivity index (χ2v) is 17.9. The molecule has 0 saturated carbocycles. The van der Waals surface area contributed by atoms with Gasteiger partial charge in [0.15, 0.2) is 17.5 Å². The van der Waals surface area contributed by atoms with Crippen LogP contribution < -0.4 is 0 Å². The zero-order valence-corrected chi connectivity index (χ0v) is 34.9. The molecule has 0 bridgehead atoms. The third-order valence-corrected chi connectivity index (χ3v) is 14.1. The molecule has 8 aromatic carbocycles. The molecule has 2 aliphatic rings. The minimum Gasteiger partial charge on any atom is -0.295 e. The van der Waals surface area contributed by atoms with Crippen molar-refractivity contribution < 1.29 is 0 Å². The molecule has 0 atom stereocenters. The Morgan fingerprint density at radius 3 is 1.89 bits per heavy atom. The lowest BCUT2D eigenvalue weighted by Gasteiger charge is -2.22. The van der Waals surface area contributed by atoms with Crippen LogP contribution in [-0.4, -0.2) is 24.1 Å². The van der Waals surface area contributed by atoms with Gasteiger partial charge < -0.3 is 0 Å². The number of hydrogen-bond acceptors (Lipinski definition) is 4. The van der Waals surface area contributed by atoms with Crippen molar-refractivity contribution in [1.29, 1.82) is 0 Å². The van der Waals surface area contributed by atoms with Gasteiger partial charge >= 0.3 is 0 Å². The topological polar surface area (TPSA) is 48.5 Å². The van der Waals surface area contributed by atoms with E-state index in [0.29, 0.717) is 17.5 Å². The van der Waals surface area contributed by atoms with Gasteiger partial charge in [-0.25, -0.2) is 15.0 Å². The first kappa shape index (κ1) is 35.2. The van der Waals surface area contributed by atoms with Crippen molar-refractivity contribution in [3.63, 3.8) is 0 Å². The molecule has 292 valence electrons. The van der Waals surface area contributed by atoms with Gasteiger partial charge in [-0.05, 0) is 81.9 Å². The van der Waals surface area contributed by atoms with Crippen LogP contribution in [0.25, 0.3) is 101 Å².